The zero-order chi connectivity index (χ0) is 14.4. The lowest BCUT2D eigenvalue weighted by Crippen LogP contribution is -2.31. The normalized spacial score (nSPS) is 12.6. The highest BCUT2D eigenvalue weighted by molar-refractivity contribution is 6.33. The summed E-state index contributed by atoms with van der Waals surface area (Å²) in [5, 5.41) is 5.00. The Kier molecular flexibility index (Phi) is 5.96. The monoisotopic (exact) mass is 311 g/mol. The summed E-state index contributed by atoms with van der Waals surface area (Å²) in [6, 6.07) is 9.91. The van der Waals surface area contributed by atoms with Crippen molar-refractivity contribution in [2.45, 2.75) is 32.2 Å². The largest absolute Gasteiger partial charge is 0.469 e. The molecule has 0 bridgehead atoms. The predicted molar refractivity (Wildman–Crippen MR) is 84.7 cm³/mol. The van der Waals surface area contributed by atoms with Crippen LogP contribution in [0.4, 0.5) is 0 Å². The van der Waals surface area contributed by atoms with Crippen LogP contribution in [0.5, 0.6) is 0 Å². The van der Waals surface area contributed by atoms with E-state index in [2.05, 4.69) is 12.2 Å². The first kappa shape index (κ1) is 15.4. The third-order valence-electron chi connectivity index (χ3n) is 3.29. The summed E-state index contributed by atoms with van der Waals surface area (Å²) in [6.45, 7) is 3.04. The van der Waals surface area contributed by atoms with E-state index in [1.165, 1.54) is 0 Å². The van der Waals surface area contributed by atoms with E-state index in [1.54, 1.807) is 6.26 Å². The fourth-order valence-corrected chi connectivity index (χ4v) is 2.69. The average Bonchev–Trinajstić information content (AvgIpc) is 2.93. The maximum atomic E-state index is 6.24. The van der Waals surface area contributed by atoms with Gasteiger partial charge in [0.25, 0.3) is 0 Å². The molecular weight excluding hydrogens is 293 g/mol. The first-order chi connectivity index (χ1) is 9.69. The van der Waals surface area contributed by atoms with Gasteiger partial charge in [-0.25, -0.2) is 0 Å². The molecule has 1 unspecified atom stereocenters. The van der Waals surface area contributed by atoms with Crippen molar-refractivity contribution in [3.8, 4) is 0 Å². The number of nitrogens with one attached hydrogen (secondary N) is 1. The fraction of sp³-hybridized carbons (Fsp3) is 0.375. The summed E-state index contributed by atoms with van der Waals surface area (Å²) in [4.78, 5) is 0. The highest BCUT2D eigenvalue weighted by atomic mass is 35.5. The lowest BCUT2D eigenvalue weighted by Gasteiger charge is -2.18. The zero-order valence-corrected chi connectivity index (χ0v) is 13.0. The van der Waals surface area contributed by atoms with Crippen molar-refractivity contribution in [1.29, 1.82) is 0 Å². The summed E-state index contributed by atoms with van der Waals surface area (Å²) in [5.41, 5.74) is 1.09. The summed E-state index contributed by atoms with van der Waals surface area (Å²) >= 11 is 12.3. The SMILES string of the molecule is CCNC(CCc1ccco1)Cc1cc(Cl)ccc1Cl. The van der Waals surface area contributed by atoms with Crippen LogP contribution in [0.25, 0.3) is 0 Å². The Balaban J connectivity index is 1.99. The smallest absolute Gasteiger partial charge is 0.103 e. The molecule has 1 heterocycles. The number of likely N-dealkylation sites (N-methyl/N-ethyl adjacent to an activating group) is 1. The Bertz CT molecular complexity index is 525. The molecule has 0 aliphatic carbocycles. The van der Waals surface area contributed by atoms with Gasteiger partial charge >= 0.3 is 0 Å². The van der Waals surface area contributed by atoms with Crippen molar-refractivity contribution in [2.24, 2.45) is 0 Å². The molecule has 2 aromatic rings. The quantitative estimate of drug-likeness (QED) is 0.799. The molecule has 2 nitrogen and oxygen atoms in total. The van der Waals surface area contributed by atoms with Crippen LogP contribution in [0.15, 0.2) is 41.0 Å². The highest BCUT2D eigenvalue weighted by Crippen LogP contribution is 2.23. The second-order valence-electron chi connectivity index (χ2n) is 4.81. The predicted octanol–water partition coefficient (Wildman–Crippen LogP) is 4.74. The molecule has 0 fully saturated rings. The summed E-state index contributed by atoms with van der Waals surface area (Å²) in [7, 11) is 0. The molecule has 2 rings (SSSR count). The Labute approximate surface area is 130 Å². The molecule has 108 valence electrons. The summed E-state index contributed by atoms with van der Waals surface area (Å²) < 4.78 is 5.38. The van der Waals surface area contributed by atoms with Gasteiger partial charge in [0, 0.05) is 22.5 Å². The molecule has 0 amide bonds. The molecule has 1 aromatic carbocycles. The van der Waals surface area contributed by atoms with Crippen LogP contribution < -0.4 is 5.32 Å². The van der Waals surface area contributed by atoms with Crippen LogP contribution in [0.1, 0.15) is 24.7 Å². The van der Waals surface area contributed by atoms with E-state index in [9.17, 15) is 0 Å². The number of benzene rings is 1. The molecule has 0 saturated carbocycles. The maximum Gasteiger partial charge on any atom is 0.103 e. The molecule has 1 atom stereocenters. The number of rotatable bonds is 7. The number of aryl methyl sites for hydroxylation is 1. The summed E-state index contributed by atoms with van der Waals surface area (Å²) in [6.07, 6.45) is 4.51. The van der Waals surface area contributed by atoms with E-state index in [0.717, 1.165) is 47.2 Å². The fourth-order valence-electron chi connectivity index (χ4n) is 2.30. The standard InChI is InChI=1S/C16H19Cl2NO/c1-2-19-14(6-7-15-4-3-9-20-15)11-12-10-13(17)5-8-16(12)18/h3-5,8-10,14,19H,2,6-7,11H2,1H3. The van der Waals surface area contributed by atoms with Gasteiger partial charge in [-0.1, -0.05) is 30.1 Å². The van der Waals surface area contributed by atoms with Gasteiger partial charge in [-0.15, -0.1) is 0 Å². The van der Waals surface area contributed by atoms with E-state index >= 15 is 0 Å². The second-order valence-corrected chi connectivity index (χ2v) is 5.66. The molecule has 0 aliphatic rings. The Hall–Kier alpha value is -0.960. The first-order valence-corrected chi connectivity index (χ1v) is 7.64. The molecule has 1 N–H and O–H groups in total. The van der Waals surface area contributed by atoms with Gasteiger partial charge in [-0.2, -0.15) is 0 Å². The van der Waals surface area contributed by atoms with Crippen molar-refractivity contribution in [1.82, 2.24) is 5.32 Å². The molecule has 1 aromatic heterocycles. The number of furan rings is 1. The first-order valence-electron chi connectivity index (χ1n) is 6.88. The van der Waals surface area contributed by atoms with Crippen LogP contribution in [0, 0.1) is 0 Å². The minimum absolute atomic E-state index is 0.362. The maximum absolute atomic E-state index is 6.24. The van der Waals surface area contributed by atoms with E-state index in [4.69, 9.17) is 27.6 Å². The molecular formula is C16H19Cl2NO. The van der Waals surface area contributed by atoms with E-state index in [-0.39, 0.29) is 0 Å². The minimum Gasteiger partial charge on any atom is -0.469 e. The van der Waals surface area contributed by atoms with Gasteiger partial charge in [-0.3, -0.25) is 0 Å². The van der Waals surface area contributed by atoms with E-state index in [1.807, 2.05) is 30.3 Å². The lowest BCUT2D eigenvalue weighted by atomic mass is 10.0. The number of halogens is 2. The van der Waals surface area contributed by atoms with Crippen molar-refractivity contribution < 1.29 is 4.42 Å². The van der Waals surface area contributed by atoms with Crippen molar-refractivity contribution in [2.75, 3.05) is 6.54 Å². The van der Waals surface area contributed by atoms with Crippen molar-refractivity contribution in [3.05, 3.63) is 58.0 Å². The second kappa shape index (κ2) is 7.72. The molecule has 4 heteroatoms. The van der Waals surface area contributed by atoms with Crippen LogP contribution >= 0.6 is 23.2 Å². The topological polar surface area (TPSA) is 25.2 Å². The van der Waals surface area contributed by atoms with Gasteiger partial charge in [0.2, 0.25) is 0 Å². The van der Waals surface area contributed by atoms with Crippen molar-refractivity contribution in [3.63, 3.8) is 0 Å². The zero-order valence-electron chi connectivity index (χ0n) is 11.5. The van der Waals surface area contributed by atoms with Crippen LogP contribution in [0.3, 0.4) is 0 Å². The summed E-state index contributed by atoms with van der Waals surface area (Å²) in [5.74, 6) is 1.02. The van der Waals surface area contributed by atoms with Crippen LogP contribution in [0.2, 0.25) is 10.0 Å². The van der Waals surface area contributed by atoms with E-state index < -0.39 is 0 Å². The van der Waals surface area contributed by atoms with Crippen LogP contribution in [-0.2, 0) is 12.8 Å². The van der Waals surface area contributed by atoms with E-state index in [0.29, 0.717) is 6.04 Å². The van der Waals surface area contributed by atoms with Crippen molar-refractivity contribution >= 4 is 23.2 Å². The van der Waals surface area contributed by atoms with Gasteiger partial charge in [-0.05, 0) is 55.3 Å². The minimum atomic E-state index is 0.362. The highest BCUT2D eigenvalue weighted by Gasteiger charge is 2.12. The average molecular weight is 312 g/mol. The third-order valence-corrected chi connectivity index (χ3v) is 3.89. The van der Waals surface area contributed by atoms with Crippen LogP contribution in [-0.4, -0.2) is 12.6 Å². The number of hydrogen-bond donors (Lipinski definition) is 1. The third kappa shape index (κ3) is 4.55. The Morgan fingerprint density at radius 2 is 2.10 bits per heavy atom. The Morgan fingerprint density at radius 3 is 2.80 bits per heavy atom. The number of hydrogen-bond acceptors (Lipinski definition) is 2. The van der Waals surface area contributed by atoms with Gasteiger partial charge in [0.1, 0.15) is 5.76 Å². The Morgan fingerprint density at radius 1 is 1.25 bits per heavy atom. The van der Waals surface area contributed by atoms with Gasteiger partial charge in [0.15, 0.2) is 0 Å². The van der Waals surface area contributed by atoms with Gasteiger partial charge in [0.05, 0.1) is 6.26 Å². The molecule has 0 saturated heterocycles. The van der Waals surface area contributed by atoms with Gasteiger partial charge < -0.3 is 9.73 Å². The molecule has 0 spiro atoms. The molecule has 0 radical (unpaired) electrons. The molecule has 0 aliphatic heterocycles. The lowest BCUT2D eigenvalue weighted by molar-refractivity contribution is 0.448. The molecule has 20 heavy (non-hydrogen) atoms.